The van der Waals surface area contributed by atoms with Gasteiger partial charge in [-0.3, -0.25) is 4.79 Å². The first-order valence-electron chi connectivity index (χ1n) is 33.2. The van der Waals surface area contributed by atoms with Crippen LogP contribution in [0.4, 0.5) is 0 Å². The van der Waals surface area contributed by atoms with Crippen LogP contribution in [-0.2, 0) is 33.2 Å². The Morgan fingerprint density at radius 3 is 1.28 bits per heavy atom. The predicted octanol–water partition coefficient (Wildman–Crippen LogP) is 7.77. The van der Waals surface area contributed by atoms with Gasteiger partial charge in [0, 0.05) is 6.42 Å². The molecule has 0 aromatic heterocycles. The molecular formula is C67H117NO18. The molecule has 17 unspecified atom stereocenters. The number of hydrogen-bond acceptors (Lipinski definition) is 18. The largest absolute Gasteiger partial charge is 0.394 e. The Labute approximate surface area is 515 Å². The molecule has 0 spiro atoms. The lowest BCUT2D eigenvalue weighted by Gasteiger charge is -2.48. The van der Waals surface area contributed by atoms with Gasteiger partial charge >= 0.3 is 0 Å². The smallest absolute Gasteiger partial charge is 0.220 e. The van der Waals surface area contributed by atoms with E-state index in [4.69, 9.17) is 28.4 Å². The molecule has 3 fully saturated rings. The number of carbonyl (C=O) groups is 1. The quantitative estimate of drug-likeness (QED) is 0.0204. The first kappa shape index (κ1) is 77.5. The first-order valence-corrected chi connectivity index (χ1v) is 33.2. The average Bonchev–Trinajstić information content (AvgIpc) is 3.36. The van der Waals surface area contributed by atoms with Gasteiger partial charge in [0.1, 0.15) is 73.2 Å². The fraction of sp³-hybridized carbons (Fsp3) is 0.806. The lowest BCUT2D eigenvalue weighted by atomic mass is 9.96. The summed E-state index contributed by atoms with van der Waals surface area (Å²) < 4.78 is 34.2. The van der Waals surface area contributed by atoms with E-state index < -0.39 is 124 Å². The summed E-state index contributed by atoms with van der Waals surface area (Å²) in [6.07, 6.45) is 33.3. The fourth-order valence-corrected chi connectivity index (χ4v) is 10.7. The predicted molar refractivity (Wildman–Crippen MR) is 332 cm³/mol. The summed E-state index contributed by atoms with van der Waals surface area (Å²) in [4.78, 5) is 13.4. The van der Waals surface area contributed by atoms with Crippen LogP contribution >= 0.6 is 0 Å². The maximum Gasteiger partial charge on any atom is 0.220 e. The van der Waals surface area contributed by atoms with Crippen LogP contribution < -0.4 is 5.32 Å². The lowest BCUT2D eigenvalue weighted by Crippen LogP contribution is -2.66. The molecule has 0 aromatic carbocycles. The summed E-state index contributed by atoms with van der Waals surface area (Å²) in [6, 6.07) is -0.998. The Morgan fingerprint density at radius 2 is 0.791 bits per heavy atom. The Morgan fingerprint density at radius 1 is 0.419 bits per heavy atom. The second-order valence-corrected chi connectivity index (χ2v) is 23.6. The van der Waals surface area contributed by atoms with Crippen LogP contribution in [0.25, 0.3) is 0 Å². The van der Waals surface area contributed by atoms with Crippen molar-refractivity contribution in [3.8, 4) is 0 Å². The number of carbonyl (C=O) groups excluding carboxylic acids is 1. The zero-order valence-corrected chi connectivity index (χ0v) is 52.3. The number of amides is 1. The normalized spacial score (nSPS) is 29.2. The van der Waals surface area contributed by atoms with Gasteiger partial charge < -0.3 is 89.9 Å². The maximum atomic E-state index is 13.4. The van der Waals surface area contributed by atoms with Gasteiger partial charge in [0.05, 0.1) is 38.6 Å². The number of nitrogens with one attached hydrogen (secondary N) is 1. The summed E-state index contributed by atoms with van der Waals surface area (Å²) in [7, 11) is 0. The fourth-order valence-electron chi connectivity index (χ4n) is 10.7. The van der Waals surface area contributed by atoms with Gasteiger partial charge in [-0.2, -0.15) is 0 Å². The summed E-state index contributed by atoms with van der Waals surface area (Å²) >= 11 is 0. The molecule has 0 bridgehead atoms. The highest BCUT2D eigenvalue weighted by Gasteiger charge is 2.53. The van der Waals surface area contributed by atoms with Crippen molar-refractivity contribution in [1.82, 2.24) is 5.32 Å². The van der Waals surface area contributed by atoms with Gasteiger partial charge in [-0.1, -0.05) is 202 Å². The standard InChI is InChI=1S/C67H117NO18/c1-3-5-7-9-11-13-15-17-18-19-20-21-22-23-24-25-26-27-28-29-30-31-32-33-35-37-39-41-43-45-55(73)68-50(51(72)44-42-40-38-36-34-16-14-12-10-8-6-4-2)49-81-65-61(79)58(76)63(53(47-70)83-65)86-67-62(80)59(77)64(54(48-71)84-67)85-66-60(78)57(75)56(74)52(46-69)82-66/h10,12,15,17,19-20,22-23,34,36,42,44,50-54,56-67,69-72,74-80H,3-9,11,13-14,16,18,21,24-33,35,37-41,43,45-49H2,1-2H3,(H,68,73)/b12-10+,17-15-,20-19-,23-22-,36-34+,44-42+. The monoisotopic (exact) mass is 1220 g/mol. The molecule has 498 valence electrons. The molecule has 3 aliphatic heterocycles. The number of rotatable bonds is 49. The SMILES string of the molecule is CCCC/C=C/CC/C=C/CC/C=C/C(O)C(COC1OC(CO)C(OC2OC(CO)C(OC3OC(CO)C(O)C(O)C3O)C(O)C2O)C(O)C1O)NC(=O)CCCCCCCCCCCCCCCC/C=C\C/C=C\C/C=C\CCCCCCC. The summed E-state index contributed by atoms with van der Waals surface area (Å²) in [5.74, 6) is -0.294. The third kappa shape index (κ3) is 31.3. The zero-order valence-electron chi connectivity index (χ0n) is 52.3. The lowest BCUT2D eigenvalue weighted by molar-refractivity contribution is -0.379. The molecule has 3 heterocycles. The van der Waals surface area contributed by atoms with Crippen LogP contribution in [0.2, 0.25) is 0 Å². The molecule has 17 atom stereocenters. The van der Waals surface area contributed by atoms with E-state index in [1.54, 1.807) is 6.08 Å². The van der Waals surface area contributed by atoms with Crippen molar-refractivity contribution < 1.29 is 89.4 Å². The van der Waals surface area contributed by atoms with Crippen LogP contribution in [0, 0.1) is 0 Å². The van der Waals surface area contributed by atoms with Crippen molar-refractivity contribution in [3.63, 3.8) is 0 Å². The Kier molecular flexibility index (Phi) is 44.1. The molecule has 1 amide bonds. The van der Waals surface area contributed by atoms with E-state index in [9.17, 15) is 61.0 Å². The second-order valence-electron chi connectivity index (χ2n) is 23.6. The van der Waals surface area contributed by atoms with E-state index in [1.165, 1.54) is 122 Å². The van der Waals surface area contributed by atoms with Gasteiger partial charge in [0.15, 0.2) is 18.9 Å². The van der Waals surface area contributed by atoms with Gasteiger partial charge in [0.25, 0.3) is 0 Å². The van der Waals surface area contributed by atoms with Crippen LogP contribution in [0.3, 0.4) is 0 Å². The zero-order chi connectivity index (χ0) is 62.6. The molecule has 0 saturated carbocycles. The van der Waals surface area contributed by atoms with Crippen LogP contribution in [-0.4, -0.2) is 193 Å². The average molecular weight is 1220 g/mol. The molecule has 0 aromatic rings. The van der Waals surface area contributed by atoms with Crippen molar-refractivity contribution >= 4 is 5.91 Å². The first-order chi connectivity index (χ1) is 41.8. The second kappa shape index (κ2) is 49.0. The third-order valence-electron chi connectivity index (χ3n) is 16.2. The highest BCUT2D eigenvalue weighted by Crippen LogP contribution is 2.33. The van der Waals surface area contributed by atoms with Gasteiger partial charge in [-0.15, -0.1) is 0 Å². The molecular weight excluding hydrogens is 1110 g/mol. The highest BCUT2D eigenvalue weighted by atomic mass is 16.8. The minimum Gasteiger partial charge on any atom is -0.394 e. The molecule has 3 aliphatic rings. The van der Waals surface area contributed by atoms with Crippen molar-refractivity contribution in [2.24, 2.45) is 0 Å². The molecule has 86 heavy (non-hydrogen) atoms. The minimum atomic E-state index is -1.98. The van der Waals surface area contributed by atoms with Gasteiger partial charge in [-0.05, 0) is 77.0 Å². The van der Waals surface area contributed by atoms with Gasteiger partial charge in [-0.25, -0.2) is 0 Å². The summed E-state index contributed by atoms with van der Waals surface area (Å²) in [5.41, 5.74) is 0. The molecule has 0 aliphatic carbocycles. The number of unbranched alkanes of at least 4 members (excludes halogenated alkanes) is 23. The number of allylic oxidation sites excluding steroid dienone is 11. The van der Waals surface area contributed by atoms with E-state index in [-0.39, 0.29) is 18.9 Å². The molecule has 19 heteroatoms. The van der Waals surface area contributed by atoms with Crippen LogP contribution in [0.1, 0.15) is 213 Å². The molecule has 3 saturated heterocycles. The van der Waals surface area contributed by atoms with E-state index in [1.807, 2.05) is 6.08 Å². The minimum absolute atomic E-state index is 0.228. The van der Waals surface area contributed by atoms with E-state index in [2.05, 4.69) is 79.9 Å². The van der Waals surface area contributed by atoms with Crippen molar-refractivity contribution in [2.75, 3.05) is 26.4 Å². The Bertz CT molecular complexity index is 1850. The van der Waals surface area contributed by atoms with Crippen LogP contribution in [0.15, 0.2) is 72.9 Å². The van der Waals surface area contributed by atoms with Gasteiger partial charge in [0.2, 0.25) is 5.91 Å². The molecule has 19 nitrogen and oxygen atoms in total. The molecule has 0 radical (unpaired) electrons. The summed E-state index contributed by atoms with van der Waals surface area (Å²) in [6.45, 7) is 1.62. The van der Waals surface area contributed by atoms with E-state index >= 15 is 0 Å². The Hall–Kier alpha value is -2.77. The number of ether oxygens (including phenoxy) is 6. The van der Waals surface area contributed by atoms with Crippen molar-refractivity contribution in [3.05, 3.63) is 72.9 Å². The van der Waals surface area contributed by atoms with E-state index in [0.717, 1.165) is 57.8 Å². The number of hydrogen-bond donors (Lipinski definition) is 12. The van der Waals surface area contributed by atoms with Crippen molar-refractivity contribution in [1.29, 1.82) is 0 Å². The van der Waals surface area contributed by atoms with Crippen LogP contribution in [0.5, 0.6) is 0 Å². The number of aliphatic hydroxyl groups excluding tert-OH is 11. The highest BCUT2D eigenvalue weighted by molar-refractivity contribution is 5.76. The Balaban J connectivity index is 1.40. The molecule has 12 N–H and O–H groups in total. The van der Waals surface area contributed by atoms with E-state index in [0.29, 0.717) is 12.8 Å². The number of aliphatic hydroxyl groups is 11. The van der Waals surface area contributed by atoms with Crippen molar-refractivity contribution in [2.45, 2.75) is 317 Å². The topological polar surface area (TPSA) is 307 Å². The maximum absolute atomic E-state index is 13.4. The molecule has 3 rings (SSSR count). The summed E-state index contributed by atoms with van der Waals surface area (Å²) in [5, 5.41) is 120. The third-order valence-corrected chi connectivity index (χ3v) is 16.2.